The van der Waals surface area contributed by atoms with Crippen LogP contribution in [0.15, 0.2) is 0 Å². The van der Waals surface area contributed by atoms with Crippen LogP contribution in [0.1, 0.15) is 60.3 Å². The van der Waals surface area contributed by atoms with E-state index < -0.39 is 53.4 Å². The first-order valence-corrected chi connectivity index (χ1v) is 8.87. The summed E-state index contributed by atoms with van der Waals surface area (Å²) >= 11 is 0. The topological polar surface area (TPSA) is 66.8 Å². The fourth-order valence-electron chi connectivity index (χ4n) is 3.22. The molecule has 5 unspecified atom stereocenters. The Labute approximate surface area is 151 Å². The van der Waals surface area contributed by atoms with E-state index in [0.29, 0.717) is 6.92 Å². The smallest absolute Gasteiger partial charge is 0.417 e. The molecule has 0 aromatic heterocycles. The van der Waals surface area contributed by atoms with E-state index in [-0.39, 0.29) is 25.7 Å². The second-order valence-corrected chi connectivity index (χ2v) is 8.48. The van der Waals surface area contributed by atoms with Gasteiger partial charge in [0.25, 0.3) is 0 Å². The molecule has 1 aliphatic carbocycles. The van der Waals surface area contributed by atoms with Gasteiger partial charge in [-0.15, -0.1) is 0 Å². The average molecular weight is 386 g/mol. The molecule has 0 saturated heterocycles. The molecule has 2 N–H and O–H groups in total. The lowest BCUT2D eigenvalue weighted by Gasteiger charge is -2.45. The zero-order valence-corrected chi connectivity index (χ0v) is 16.0. The van der Waals surface area contributed by atoms with Crippen molar-refractivity contribution in [1.29, 1.82) is 0 Å². The first kappa shape index (κ1) is 23.1. The third-order valence-electron chi connectivity index (χ3n) is 5.87. The summed E-state index contributed by atoms with van der Waals surface area (Å²) in [5, 5.41) is 20.3. The Kier molecular flexibility index (Phi) is 6.78. The van der Waals surface area contributed by atoms with Crippen LogP contribution in [0, 0.1) is 17.3 Å². The third kappa shape index (κ3) is 4.88. The molecule has 154 valence electrons. The van der Waals surface area contributed by atoms with Crippen LogP contribution >= 0.6 is 0 Å². The van der Waals surface area contributed by atoms with Crippen molar-refractivity contribution in [3.63, 3.8) is 0 Å². The van der Waals surface area contributed by atoms with E-state index in [1.165, 1.54) is 20.8 Å². The largest absolute Gasteiger partial charge is 0.462 e. The van der Waals surface area contributed by atoms with Gasteiger partial charge in [-0.25, -0.2) is 4.39 Å². The van der Waals surface area contributed by atoms with Crippen LogP contribution in [-0.4, -0.2) is 46.3 Å². The third-order valence-corrected chi connectivity index (χ3v) is 5.87. The predicted molar refractivity (Wildman–Crippen MR) is 88.1 cm³/mol. The normalized spacial score (nSPS) is 29.6. The summed E-state index contributed by atoms with van der Waals surface area (Å²) in [5.41, 5.74) is -5.64. The van der Waals surface area contributed by atoms with Crippen molar-refractivity contribution in [3.8, 4) is 0 Å². The van der Waals surface area contributed by atoms with Gasteiger partial charge in [0.15, 0.2) is 5.60 Å². The van der Waals surface area contributed by atoms with Crippen LogP contribution in [0.4, 0.5) is 17.6 Å². The Morgan fingerprint density at radius 1 is 1.04 bits per heavy atom. The molecule has 0 radical (unpaired) electrons. The van der Waals surface area contributed by atoms with E-state index >= 15 is 0 Å². The van der Waals surface area contributed by atoms with Gasteiger partial charge in [-0.3, -0.25) is 4.79 Å². The van der Waals surface area contributed by atoms with Gasteiger partial charge in [0.2, 0.25) is 0 Å². The summed E-state index contributed by atoms with van der Waals surface area (Å²) in [4.78, 5) is 12.3. The first-order valence-electron chi connectivity index (χ1n) is 8.87. The Morgan fingerprint density at radius 3 is 1.92 bits per heavy atom. The zero-order valence-electron chi connectivity index (χ0n) is 16.0. The summed E-state index contributed by atoms with van der Waals surface area (Å²) in [6, 6.07) is 0. The van der Waals surface area contributed by atoms with Gasteiger partial charge in [-0.1, -0.05) is 6.92 Å². The maximum Gasteiger partial charge on any atom is 0.417 e. The Hall–Kier alpha value is -0.890. The summed E-state index contributed by atoms with van der Waals surface area (Å²) in [5.74, 6) is -2.66. The van der Waals surface area contributed by atoms with Gasteiger partial charge in [-0.2, -0.15) is 13.2 Å². The summed E-state index contributed by atoms with van der Waals surface area (Å²) in [6.07, 6.45) is -5.69. The van der Waals surface area contributed by atoms with Crippen LogP contribution in [0.3, 0.4) is 0 Å². The fraction of sp³-hybridized carbons (Fsp3) is 0.944. The van der Waals surface area contributed by atoms with Gasteiger partial charge in [0, 0.05) is 5.92 Å². The Bertz CT molecular complexity index is 492. The molecule has 0 bridgehead atoms. The lowest BCUT2D eigenvalue weighted by molar-refractivity contribution is -0.281. The number of halogens is 4. The first-order chi connectivity index (χ1) is 11.6. The quantitative estimate of drug-likeness (QED) is 0.539. The lowest BCUT2D eigenvalue weighted by Crippen LogP contribution is -2.54. The van der Waals surface area contributed by atoms with Crippen molar-refractivity contribution in [1.82, 2.24) is 0 Å². The molecule has 4 nitrogen and oxygen atoms in total. The van der Waals surface area contributed by atoms with Crippen LogP contribution in [0.25, 0.3) is 0 Å². The van der Waals surface area contributed by atoms with Crippen LogP contribution < -0.4 is 0 Å². The number of carbonyl (C=O) groups excluding carboxylic acids is 1. The number of carbonyl (C=O) groups is 1. The molecule has 0 aliphatic heterocycles. The summed E-state index contributed by atoms with van der Waals surface area (Å²) in [7, 11) is 0. The molecule has 0 amide bonds. The standard InChI is InChI=1S/C18H30F4O4/c1-6-16(4,10-19)14(23)26-13-8-11(15(2,3)24)7-12(9-13)17(5,25)18(20,21)22/h11-13,24-25H,6-10H2,1-5H3. The second-order valence-electron chi connectivity index (χ2n) is 8.48. The summed E-state index contributed by atoms with van der Waals surface area (Å²) in [6.45, 7) is 5.72. The van der Waals surface area contributed by atoms with Crippen molar-refractivity contribution in [2.24, 2.45) is 17.3 Å². The highest BCUT2D eigenvalue weighted by atomic mass is 19.4. The minimum absolute atomic E-state index is 0.0573. The molecule has 5 atom stereocenters. The number of rotatable bonds is 6. The second kappa shape index (κ2) is 7.62. The lowest BCUT2D eigenvalue weighted by atomic mass is 9.67. The molecule has 1 saturated carbocycles. The van der Waals surface area contributed by atoms with Gasteiger partial charge in [0.1, 0.15) is 12.8 Å². The van der Waals surface area contributed by atoms with E-state index in [2.05, 4.69) is 0 Å². The highest BCUT2D eigenvalue weighted by Gasteiger charge is 2.57. The SMILES string of the molecule is CCC(C)(CF)C(=O)OC1CC(C(C)(C)O)CC(C(C)(O)C(F)(F)F)C1. The number of hydrogen-bond donors (Lipinski definition) is 2. The summed E-state index contributed by atoms with van der Waals surface area (Å²) < 4.78 is 58.3. The van der Waals surface area contributed by atoms with E-state index in [1.807, 2.05) is 0 Å². The predicted octanol–water partition coefficient (Wildman–Crippen LogP) is 3.78. The van der Waals surface area contributed by atoms with Crippen molar-refractivity contribution < 1.29 is 37.3 Å². The van der Waals surface area contributed by atoms with E-state index in [1.54, 1.807) is 6.92 Å². The van der Waals surface area contributed by atoms with Gasteiger partial charge in [-0.05, 0) is 59.3 Å². The van der Waals surface area contributed by atoms with Crippen molar-refractivity contribution in [2.75, 3.05) is 6.67 Å². The van der Waals surface area contributed by atoms with Crippen LogP contribution in [-0.2, 0) is 9.53 Å². The molecule has 26 heavy (non-hydrogen) atoms. The number of esters is 1. The highest BCUT2D eigenvalue weighted by molar-refractivity contribution is 5.76. The van der Waals surface area contributed by atoms with E-state index in [4.69, 9.17) is 4.74 Å². The van der Waals surface area contributed by atoms with Crippen molar-refractivity contribution in [2.45, 2.75) is 83.8 Å². The number of ether oxygens (including phenoxy) is 1. The Balaban J connectivity index is 3.07. The van der Waals surface area contributed by atoms with E-state index in [9.17, 15) is 32.6 Å². The monoisotopic (exact) mass is 386 g/mol. The number of alkyl halides is 4. The maximum atomic E-state index is 13.3. The molecular formula is C18H30F4O4. The molecule has 0 aromatic rings. The minimum Gasteiger partial charge on any atom is -0.462 e. The fourth-order valence-corrected chi connectivity index (χ4v) is 3.22. The van der Waals surface area contributed by atoms with Gasteiger partial charge < -0.3 is 14.9 Å². The van der Waals surface area contributed by atoms with Crippen molar-refractivity contribution >= 4 is 5.97 Å². The molecule has 0 spiro atoms. The molecule has 1 rings (SSSR count). The van der Waals surface area contributed by atoms with Gasteiger partial charge in [0.05, 0.1) is 11.0 Å². The molecule has 8 heteroatoms. The van der Waals surface area contributed by atoms with Crippen LogP contribution in [0.2, 0.25) is 0 Å². The van der Waals surface area contributed by atoms with Crippen LogP contribution in [0.5, 0.6) is 0 Å². The molecule has 0 aromatic carbocycles. The highest BCUT2D eigenvalue weighted by Crippen LogP contribution is 2.47. The average Bonchev–Trinajstić information content (AvgIpc) is 2.51. The zero-order chi connectivity index (χ0) is 20.6. The Morgan fingerprint density at radius 2 is 1.54 bits per heavy atom. The molecule has 1 aliphatic rings. The van der Waals surface area contributed by atoms with Crippen molar-refractivity contribution in [3.05, 3.63) is 0 Å². The molecule has 1 fully saturated rings. The maximum absolute atomic E-state index is 13.3. The number of aliphatic hydroxyl groups is 2. The minimum atomic E-state index is -4.86. The van der Waals surface area contributed by atoms with Gasteiger partial charge >= 0.3 is 12.1 Å². The molecular weight excluding hydrogens is 356 g/mol. The number of hydrogen-bond acceptors (Lipinski definition) is 4. The molecule has 0 heterocycles. The van der Waals surface area contributed by atoms with E-state index in [0.717, 1.165) is 0 Å².